The van der Waals surface area contributed by atoms with Crippen LogP contribution in [0.15, 0.2) is 36.5 Å². The number of aromatic nitrogens is 1. The van der Waals surface area contributed by atoms with Crippen molar-refractivity contribution in [1.29, 1.82) is 0 Å². The lowest BCUT2D eigenvalue weighted by Gasteiger charge is -2.20. The van der Waals surface area contributed by atoms with Gasteiger partial charge in [0.2, 0.25) is 5.91 Å². The fourth-order valence-corrected chi connectivity index (χ4v) is 2.08. The summed E-state index contributed by atoms with van der Waals surface area (Å²) < 4.78 is 26.1. The van der Waals surface area contributed by atoms with E-state index in [2.05, 4.69) is 15.6 Å². The fraction of sp³-hybridized carbons (Fsp3) is 0.278. The van der Waals surface area contributed by atoms with Crippen molar-refractivity contribution in [1.82, 2.24) is 10.3 Å². The van der Waals surface area contributed by atoms with Gasteiger partial charge in [-0.3, -0.25) is 14.6 Å². The minimum absolute atomic E-state index is 0.122. The number of carbonyl (C=O) groups is 2. The van der Waals surface area contributed by atoms with Gasteiger partial charge in [-0.25, -0.2) is 8.78 Å². The van der Waals surface area contributed by atoms with E-state index in [4.69, 9.17) is 0 Å². The van der Waals surface area contributed by atoms with Gasteiger partial charge in [0.15, 0.2) is 11.6 Å². The number of hydrogen-bond donors (Lipinski definition) is 2. The number of anilines is 1. The maximum atomic E-state index is 13.2. The number of benzene rings is 1. The monoisotopic (exact) mass is 347 g/mol. The summed E-state index contributed by atoms with van der Waals surface area (Å²) in [6.07, 6.45) is 1.29. The van der Waals surface area contributed by atoms with Crippen LogP contribution in [0.1, 0.15) is 36.8 Å². The Kier molecular flexibility index (Phi) is 5.46. The normalized spacial score (nSPS) is 11.1. The van der Waals surface area contributed by atoms with Crippen molar-refractivity contribution in [2.75, 3.05) is 5.32 Å². The number of hydrogen-bond acceptors (Lipinski definition) is 3. The molecule has 2 rings (SSSR count). The molecule has 2 N–H and O–H groups in total. The SMILES string of the molecule is CC(C)(C)NC(=O)c1cc(NC(=O)Cc2ccc(F)c(F)c2)ccn1. The van der Waals surface area contributed by atoms with Crippen molar-refractivity contribution in [3.8, 4) is 0 Å². The van der Waals surface area contributed by atoms with Crippen molar-refractivity contribution in [2.24, 2.45) is 0 Å². The molecule has 132 valence electrons. The topological polar surface area (TPSA) is 71.1 Å². The molecule has 2 aromatic rings. The van der Waals surface area contributed by atoms with E-state index in [0.29, 0.717) is 11.3 Å². The molecule has 0 spiro atoms. The predicted octanol–water partition coefficient (Wildman–Crippen LogP) is 3.07. The molecule has 2 amide bonds. The first-order valence-electron chi connectivity index (χ1n) is 7.66. The molecule has 0 unspecified atom stereocenters. The second-order valence-corrected chi connectivity index (χ2v) is 6.61. The summed E-state index contributed by atoms with van der Waals surface area (Å²) >= 11 is 0. The van der Waals surface area contributed by atoms with Crippen LogP contribution in [0.2, 0.25) is 0 Å². The van der Waals surface area contributed by atoms with Gasteiger partial charge in [-0.2, -0.15) is 0 Å². The van der Waals surface area contributed by atoms with Gasteiger partial charge < -0.3 is 10.6 Å². The van der Waals surface area contributed by atoms with Gasteiger partial charge in [0.1, 0.15) is 5.69 Å². The second kappa shape index (κ2) is 7.38. The van der Waals surface area contributed by atoms with Crippen LogP contribution in [0.25, 0.3) is 0 Å². The highest BCUT2D eigenvalue weighted by molar-refractivity contribution is 5.96. The summed E-state index contributed by atoms with van der Waals surface area (Å²) in [6, 6.07) is 6.27. The molecule has 1 aromatic heterocycles. The number of amides is 2. The Morgan fingerprint density at radius 2 is 1.80 bits per heavy atom. The minimum Gasteiger partial charge on any atom is -0.346 e. The molecule has 1 heterocycles. The summed E-state index contributed by atoms with van der Waals surface area (Å²) in [4.78, 5) is 28.1. The van der Waals surface area contributed by atoms with E-state index in [-0.39, 0.29) is 18.0 Å². The van der Waals surface area contributed by atoms with Crippen LogP contribution in [0.3, 0.4) is 0 Å². The van der Waals surface area contributed by atoms with E-state index in [1.54, 1.807) is 0 Å². The molecule has 0 atom stereocenters. The van der Waals surface area contributed by atoms with Crippen LogP contribution in [0.4, 0.5) is 14.5 Å². The maximum absolute atomic E-state index is 13.2. The van der Waals surface area contributed by atoms with Crippen molar-refractivity contribution in [3.63, 3.8) is 0 Å². The van der Waals surface area contributed by atoms with Crippen LogP contribution in [0.5, 0.6) is 0 Å². The van der Waals surface area contributed by atoms with Gasteiger partial charge in [-0.15, -0.1) is 0 Å². The second-order valence-electron chi connectivity index (χ2n) is 6.61. The van der Waals surface area contributed by atoms with Crippen molar-refractivity contribution in [3.05, 3.63) is 59.4 Å². The van der Waals surface area contributed by atoms with Gasteiger partial charge in [-0.05, 0) is 50.6 Å². The summed E-state index contributed by atoms with van der Waals surface area (Å²) in [5.74, 6) is -2.74. The Morgan fingerprint density at radius 1 is 1.08 bits per heavy atom. The highest BCUT2D eigenvalue weighted by Gasteiger charge is 2.17. The molecule has 7 heteroatoms. The average Bonchev–Trinajstić information content (AvgIpc) is 2.49. The molecule has 0 saturated carbocycles. The van der Waals surface area contributed by atoms with Gasteiger partial charge in [0.25, 0.3) is 5.91 Å². The van der Waals surface area contributed by atoms with Crippen molar-refractivity contribution in [2.45, 2.75) is 32.7 Å². The van der Waals surface area contributed by atoms with Crippen molar-refractivity contribution >= 4 is 17.5 Å². The first kappa shape index (κ1) is 18.5. The van der Waals surface area contributed by atoms with Gasteiger partial charge in [0.05, 0.1) is 6.42 Å². The average molecular weight is 347 g/mol. The zero-order valence-electron chi connectivity index (χ0n) is 14.2. The molecule has 1 aromatic carbocycles. The predicted molar refractivity (Wildman–Crippen MR) is 90.1 cm³/mol. The third-order valence-corrected chi connectivity index (χ3v) is 3.11. The summed E-state index contributed by atoms with van der Waals surface area (Å²) in [6.45, 7) is 5.54. The lowest BCUT2D eigenvalue weighted by Crippen LogP contribution is -2.40. The maximum Gasteiger partial charge on any atom is 0.270 e. The van der Waals surface area contributed by atoms with Crippen LogP contribution in [0, 0.1) is 11.6 Å². The van der Waals surface area contributed by atoms with Gasteiger partial charge in [0, 0.05) is 17.4 Å². The summed E-state index contributed by atoms with van der Waals surface area (Å²) in [5, 5.41) is 5.38. The largest absolute Gasteiger partial charge is 0.346 e. The van der Waals surface area contributed by atoms with E-state index in [9.17, 15) is 18.4 Å². The van der Waals surface area contributed by atoms with Crippen LogP contribution in [-0.2, 0) is 11.2 Å². The zero-order chi connectivity index (χ0) is 18.6. The third kappa shape index (κ3) is 5.63. The van der Waals surface area contributed by atoms with E-state index in [0.717, 1.165) is 12.1 Å². The molecule has 0 radical (unpaired) electrons. The lowest BCUT2D eigenvalue weighted by atomic mass is 10.1. The Bertz CT molecular complexity index is 801. The summed E-state index contributed by atoms with van der Waals surface area (Å²) in [7, 11) is 0. The number of nitrogens with one attached hydrogen (secondary N) is 2. The van der Waals surface area contributed by atoms with Crippen LogP contribution in [-0.4, -0.2) is 22.3 Å². The molecular weight excluding hydrogens is 328 g/mol. The van der Waals surface area contributed by atoms with E-state index in [1.807, 2.05) is 20.8 Å². The van der Waals surface area contributed by atoms with Crippen LogP contribution < -0.4 is 10.6 Å². The smallest absolute Gasteiger partial charge is 0.270 e. The first-order valence-corrected chi connectivity index (χ1v) is 7.66. The standard InChI is InChI=1S/C18H19F2N3O2/c1-18(2,3)23-17(25)15-10-12(6-7-21-15)22-16(24)9-11-4-5-13(19)14(20)8-11/h4-8,10H,9H2,1-3H3,(H,23,25)(H,21,22,24). The molecule has 0 aliphatic heterocycles. The molecule has 0 aliphatic carbocycles. The molecule has 5 nitrogen and oxygen atoms in total. The quantitative estimate of drug-likeness (QED) is 0.893. The number of nitrogens with zero attached hydrogens (tertiary/aromatic N) is 1. The molecule has 25 heavy (non-hydrogen) atoms. The molecule has 0 bridgehead atoms. The molecule has 0 fully saturated rings. The summed E-state index contributed by atoms with van der Waals surface area (Å²) in [5.41, 5.74) is 0.489. The van der Waals surface area contributed by atoms with Gasteiger partial charge >= 0.3 is 0 Å². The Balaban J connectivity index is 2.04. The molecular formula is C18H19F2N3O2. The van der Waals surface area contributed by atoms with Crippen LogP contribution >= 0.6 is 0 Å². The van der Waals surface area contributed by atoms with E-state index >= 15 is 0 Å². The Labute approximate surface area is 144 Å². The zero-order valence-corrected chi connectivity index (χ0v) is 14.2. The molecule has 0 aliphatic rings. The van der Waals surface area contributed by atoms with Crippen molar-refractivity contribution < 1.29 is 18.4 Å². The fourth-order valence-electron chi connectivity index (χ4n) is 2.08. The Morgan fingerprint density at radius 3 is 2.44 bits per heavy atom. The Hall–Kier alpha value is -2.83. The van der Waals surface area contributed by atoms with E-state index in [1.165, 1.54) is 24.4 Å². The number of pyridine rings is 1. The highest BCUT2D eigenvalue weighted by atomic mass is 19.2. The number of halogens is 2. The highest BCUT2D eigenvalue weighted by Crippen LogP contribution is 2.12. The minimum atomic E-state index is -1.00. The lowest BCUT2D eigenvalue weighted by molar-refractivity contribution is -0.115. The molecule has 0 saturated heterocycles. The van der Waals surface area contributed by atoms with Gasteiger partial charge in [-0.1, -0.05) is 6.07 Å². The number of carbonyl (C=O) groups excluding carboxylic acids is 2. The third-order valence-electron chi connectivity index (χ3n) is 3.11. The first-order chi connectivity index (χ1) is 11.6. The van der Waals surface area contributed by atoms with E-state index < -0.39 is 23.1 Å². The number of rotatable bonds is 4.